The summed E-state index contributed by atoms with van der Waals surface area (Å²) in [4.78, 5) is 33.2. The summed E-state index contributed by atoms with van der Waals surface area (Å²) in [5.74, 6) is 0.00561. The molecule has 1 aromatic heterocycles. The third kappa shape index (κ3) is 3.70. The third-order valence-electron chi connectivity index (χ3n) is 3.86. The van der Waals surface area contributed by atoms with Gasteiger partial charge in [0, 0.05) is 23.1 Å². The van der Waals surface area contributed by atoms with Crippen LogP contribution in [0.5, 0.6) is 0 Å². The van der Waals surface area contributed by atoms with Gasteiger partial charge in [-0.15, -0.1) is 0 Å². The second-order valence-corrected chi connectivity index (χ2v) is 6.81. The zero-order valence-electron chi connectivity index (χ0n) is 12.4. The minimum atomic E-state index is -0.254. The molecule has 0 aliphatic carbocycles. The molecule has 3 rings (SSSR count). The number of halogens is 2. The number of ketones is 1. The molecule has 0 radical (unpaired) electrons. The first-order valence-electron chi connectivity index (χ1n) is 7.42. The molecule has 0 bridgehead atoms. The number of hydrogen-bond acceptors (Lipinski definition) is 4. The van der Waals surface area contributed by atoms with Crippen molar-refractivity contribution in [2.75, 3.05) is 6.54 Å². The molecule has 1 aliphatic heterocycles. The molecule has 0 fully saturated rings. The van der Waals surface area contributed by atoms with E-state index in [1.807, 2.05) is 0 Å². The van der Waals surface area contributed by atoms with Gasteiger partial charge in [-0.2, -0.15) is 0 Å². The van der Waals surface area contributed by atoms with Crippen LogP contribution in [-0.4, -0.2) is 27.6 Å². The van der Waals surface area contributed by atoms with Gasteiger partial charge in [-0.1, -0.05) is 11.6 Å². The lowest BCUT2D eigenvalue weighted by Gasteiger charge is -2.07. The lowest BCUT2D eigenvalue weighted by Crippen LogP contribution is -2.24. The molecule has 1 aliphatic rings. The molecule has 0 atom stereocenters. The van der Waals surface area contributed by atoms with Gasteiger partial charge in [0.25, 0.3) is 5.56 Å². The Hall–Kier alpha value is -1.53. The van der Waals surface area contributed by atoms with E-state index in [1.165, 1.54) is 10.9 Å². The molecule has 0 unspecified atom stereocenters. The predicted molar refractivity (Wildman–Crippen MR) is 94.5 cm³/mol. The minimum absolute atomic E-state index is 0.00561. The number of benzene rings is 1. The van der Waals surface area contributed by atoms with Crippen LogP contribution in [0, 0.1) is 0 Å². The van der Waals surface area contributed by atoms with Gasteiger partial charge in [-0.3, -0.25) is 19.1 Å². The van der Waals surface area contributed by atoms with Crippen LogP contribution < -0.4 is 5.56 Å². The van der Waals surface area contributed by atoms with Gasteiger partial charge in [-0.25, -0.2) is 4.98 Å². The standard InChI is InChI=1S/C16H15BrClN3O2/c17-13-7-15-12(6-14(13)18)16(23)21(9-20-15)8-11(22)4-3-10-2-1-5-19-10/h6-7,9H,1-5,8H2. The average molecular weight is 397 g/mol. The van der Waals surface area contributed by atoms with Crippen LogP contribution in [0.15, 0.2) is 32.7 Å². The van der Waals surface area contributed by atoms with Crippen molar-refractivity contribution in [3.8, 4) is 0 Å². The number of nitrogens with zero attached hydrogens (tertiary/aromatic N) is 3. The number of rotatable bonds is 5. The highest BCUT2D eigenvalue weighted by Crippen LogP contribution is 2.25. The van der Waals surface area contributed by atoms with E-state index in [0.717, 1.165) is 25.1 Å². The second-order valence-electron chi connectivity index (χ2n) is 5.55. The van der Waals surface area contributed by atoms with Crippen molar-refractivity contribution in [1.29, 1.82) is 0 Å². The number of aliphatic imine (C=N–C) groups is 1. The van der Waals surface area contributed by atoms with Crippen molar-refractivity contribution in [3.63, 3.8) is 0 Å². The summed E-state index contributed by atoms with van der Waals surface area (Å²) in [7, 11) is 0. The monoisotopic (exact) mass is 395 g/mol. The summed E-state index contributed by atoms with van der Waals surface area (Å²) >= 11 is 9.34. The van der Waals surface area contributed by atoms with Crippen molar-refractivity contribution in [3.05, 3.63) is 38.3 Å². The molecule has 5 nitrogen and oxygen atoms in total. The molecule has 23 heavy (non-hydrogen) atoms. The topological polar surface area (TPSA) is 64.3 Å². The maximum absolute atomic E-state index is 12.5. The van der Waals surface area contributed by atoms with Crippen LogP contribution >= 0.6 is 27.5 Å². The van der Waals surface area contributed by atoms with Gasteiger partial charge in [0.05, 0.1) is 28.8 Å². The number of hydrogen-bond donors (Lipinski definition) is 0. The Labute approximate surface area is 146 Å². The molecule has 0 spiro atoms. The van der Waals surface area contributed by atoms with Crippen molar-refractivity contribution < 1.29 is 4.79 Å². The Morgan fingerprint density at radius 2 is 2.22 bits per heavy atom. The molecule has 1 aromatic carbocycles. The van der Waals surface area contributed by atoms with E-state index in [2.05, 4.69) is 25.9 Å². The fourth-order valence-corrected chi connectivity index (χ4v) is 3.12. The number of aromatic nitrogens is 2. The molecule has 2 aromatic rings. The SMILES string of the molecule is O=C(CCC1=NCCC1)Cn1cnc2cc(Br)c(Cl)cc2c1=O. The van der Waals surface area contributed by atoms with Crippen molar-refractivity contribution in [1.82, 2.24) is 9.55 Å². The fraction of sp³-hybridized carbons (Fsp3) is 0.375. The Morgan fingerprint density at radius 3 is 2.96 bits per heavy atom. The lowest BCUT2D eigenvalue weighted by atomic mass is 10.1. The van der Waals surface area contributed by atoms with Crippen LogP contribution in [0.4, 0.5) is 0 Å². The van der Waals surface area contributed by atoms with Gasteiger partial charge in [0.1, 0.15) is 0 Å². The zero-order chi connectivity index (χ0) is 16.4. The number of carbonyl (C=O) groups is 1. The molecule has 2 heterocycles. The Morgan fingerprint density at radius 1 is 1.39 bits per heavy atom. The number of carbonyl (C=O) groups excluding carboxylic acids is 1. The molecule has 0 amide bonds. The van der Waals surface area contributed by atoms with E-state index < -0.39 is 0 Å². The predicted octanol–water partition coefficient (Wildman–Crippen LogP) is 3.40. The summed E-state index contributed by atoms with van der Waals surface area (Å²) in [6, 6.07) is 3.27. The third-order valence-corrected chi connectivity index (χ3v) is 5.06. The maximum atomic E-state index is 12.5. The maximum Gasteiger partial charge on any atom is 0.261 e. The smallest absolute Gasteiger partial charge is 0.261 e. The van der Waals surface area contributed by atoms with Crippen LogP contribution in [0.2, 0.25) is 5.02 Å². The minimum Gasteiger partial charge on any atom is -0.298 e. The molecular weight excluding hydrogens is 382 g/mol. The Kier molecular flexibility index (Phi) is 4.92. The zero-order valence-corrected chi connectivity index (χ0v) is 14.7. The van der Waals surface area contributed by atoms with Crippen molar-refractivity contribution >= 4 is 49.9 Å². The molecule has 0 N–H and O–H groups in total. The molecule has 0 saturated carbocycles. The largest absolute Gasteiger partial charge is 0.298 e. The van der Waals surface area contributed by atoms with E-state index in [1.54, 1.807) is 12.1 Å². The van der Waals surface area contributed by atoms with E-state index in [4.69, 9.17) is 11.6 Å². The first-order chi connectivity index (χ1) is 11.0. The number of fused-ring (bicyclic) bond motifs is 1. The Balaban J connectivity index is 1.77. The van der Waals surface area contributed by atoms with Gasteiger partial charge < -0.3 is 0 Å². The van der Waals surface area contributed by atoms with Crippen molar-refractivity contribution in [2.24, 2.45) is 4.99 Å². The van der Waals surface area contributed by atoms with Gasteiger partial charge >= 0.3 is 0 Å². The fourth-order valence-electron chi connectivity index (χ4n) is 2.62. The van der Waals surface area contributed by atoms with E-state index in [0.29, 0.717) is 33.2 Å². The van der Waals surface area contributed by atoms with E-state index in [-0.39, 0.29) is 17.9 Å². The lowest BCUT2D eigenvalue weighted by molar-refractivity contribution is -0.119. The number of Topliss-reactive ketones (excluding diaryl/α,β-unsaturated/α-hetero) is 1. The highest BCUT2D eigenvalue weighted by atomic mass is 79.9. The Bertz CT molecular complexity index is 860. The van der Waals surface area contributed by atoms with E-state index >= 15 is 0 Å². The van der Waals surface area contributed by atoms with Crippen LogP contribution in [-0.2, 0) is 11.3 Å². The first kappa shape index (κ1) is 16.3. The average Bonchev–Trinajstić information content (AvgIpc) is 3.04. The van der Waals surface area contributed by atoms with Gasteiger partial charge in [0.2, 0.25) is 0 Å². The van der Waals surface area contributed by atoms with Gasteiger partial charge in [-0.05, 0) is 47.3 Å². The van der Waals surface area contributed by atoms with Crippen LogP contribution in [0.25, 0.3) is 10.9 Å². The summed E-state index contributed by atoms with van der Waals surface area (Å²) in [6.45, 7) is 0.899. The normalized spacial score (nSPS) is 14.3. The van der Waals surface area contributed by atoms with Gasteiger partial charge in [0.15, 0.2) is 5.78 Å². The first-order valence-corrected chi connectivity index (χ1v) is 8.60. The summed E-state index contributed by atoms with van der Waals surface area (Å²) in [5, 5.41) is 0.855. The van der Waals surface area contributed by atoms with Crippen molar-refractivity contribution in [2.45, 2.75) is 32.2 Å². The van der Waals surface area contributed by atoms with Crippen LogP contribution in [0.1, 0.15) is 25.7 Å². The summed E-state index contributed by atoms with van der Waals surface area (Å²) < 4.78 is 2.02. The molecule has 0 saturated heterocycles. The van der Waals surface area contributed by atoms with Crippen LogP contribution in [0.3, 0.4) is 0 Å². The summed E-state index contributed by atoms with van der Waals surface area (Å²) in [5.41, 5.74) is 1.41. The highest BCUT2D eigenvalue weighted by molar-refractivity contribution is 9.10. The quantitative estimate of drug-likeness (QED) is 0.778. The second kappa shape index (κ2) is 6.93. The highest BCUT2D eigenvalue weighted by Gasteiger charge is 2.12. The summed E-state index contributed by atoms with van der Waals surface area (Å²) in [6.07, 6.45) is 4.57. The molecule has 7 heteroatoms. The molecular formula is C16H15BrClN3O2. The molecule has 120 valence electrons. The van der Waals surface area contributed by atoms with E-state index in [9.17, 15) is 9.59 Å².